The van der Waals surface area contributed by atoms with Crippen molar-refractivity contribution in [1.29, 1.82) is 0 Å². The lowest BCUT2D eigenvalue weighted by atomic mass is 9.90. The second-order valence-corrected chi connectivity index (χ2v) is 24.9. The van der Waals surface area contributed by atoms with E-state index >= 15 is 0 Å². The van der Waals surface area contributed by atoms with Crippen LogP contribution in [0.25, 0.3) is 66.8 Å². The van der Waals surface area contributed by atoms with Gasteiger partial charge in [-0.25, -0.2) is 0 Å². The molecule has 9 rings (SSSR count). The van der Waals surface area contributed by atoms with E-state index in [1.807, 2.05) is 0 Å². The highest BCUT2D eigenvalue weighted by Gasteiger charge is 2.39. The summed E-state index contributed by atoms with van der Waals surface area (Å²) in [4.78, 5) is 0. The van der Waals surface area contributed by atoms with Gasteiger partial charge in [-0.05, 0) is 250 Å². The Labute approximate surface area is 412 Å². The van der Waals surface area contributed by atoms with Gasteiger partial charge in [0, 0.05) is 0 Å². The van der Waals surface area contributed by atoms with Crippen molar-refractivity contribution in [1.82, 2.24) is 0 Å². The standard InChI is InChI=1S/C66H64SSi/c1-40-19-13-20-41(2)61(40)52-31-53(62-42(3)21-14-22-43(62)4)35-58(34-52)68(67,59-36-54(63-44(5)23-15-24-45(63)6)32-55(37-59)64-46(7)25-16-26-47(64)8)60-38-56(65-48(9)27-17-28-49(65)10)33-57(39-60)66-50(11)29-18-30-51(66)12/h13-39,67H,1-12H3. The van der Waals surface area contributed by atoms with E-state index in [0.717, 1.165) is 0 Å². The quantitative estimate of drug-likeness (QED) is 0.0832. The maximum atomic E-state index is 6.50. The minimum absolute atomic E-state index is 1.23. The van der Waals surface area contributed by atoms with Gasteiger partial charge in [0.1, 0.15) is 0 Å². The van der Waals surface area contributed by atoms with Crippen LogP contribution in [0.4, 0.5) is 0 Å². The largest absolute Gasteiger partial charge is 0.206 e. The van der Waals surface area contributed by atoms with Gasteiger partial charge in [-0.15, -0.1) is 0 Å². The summed E-state index contributed by atoms with van der Waals surface area (Å²) in [7, 11) is -3.38. The molecule has 9 aromatic rings. The summed E-state index contributed by atoms with van der Waals surface area (Å²) in [6.07, 6.45) is 0. The third kappa shape index (κ3) is 8.44. The molecule has 0 fully saturated rings. The fourth-order valence-corrected chi connectivity index (χ4v) is 15.8. The molecule has 0 amide bonds. The second kappa shape index (κ2) is 18.6. The third-order valence-corrected chi connectivity index (χ3v) is 20.4. The molecule has 0 atom stereocenters. The van der Waals surface area contributed by atoms with Crippen LogP contribution in [-0.2, 0) is 0 Å². The number of hydrogen-bond donors (Lipinski definition) is 1. The van der Waals surface area contributed by atoms with E-state index in [4.69, 9.17) is 12.1 Å². The van der Waals surface area contributed by atoms with Crippen molar-refractivity contribution < 1.29 is 0 Å². The molecule has 0 saturated heterocycles. The highest BCUT2D eigenvalue weighted by atomic mass is 32.3. The van der Waals surface area contributed by atoms with Gasteiger partial charge in [0.05, 0.1) is 0 Å². The van der Waals surface area contributed by atoms with Gasteiger partial charge in [-0.2, -0.15) is 12.1 Å². The molecule has 0 heterocycles. The van der Waals surface area contributed by atoms with E-state index in [2.05, 4.69) is 247 Å². The first kappa shape index (κ1) is 46.6. The van der Waals surface area contributed by atoms with E-state index in [1.54, 1.807) is 0 Å². The first-order valence-corrected chi connectivity index (χ1v) is 27.4. The Morgan fingerprint density at radius 1 is 0.221 bits per heavy atom. The van der Waals surface area contributed by atoms with E-state index in [0.29, 0.717) is 0 Å². The van der Waals surface area contributed by atoms with E-state index in [-0.39, 0.29) is 0 Å². The van der Waals surface area contributed by atoms with Crippen LogP contribution in [0, 0.1) is 83.1 Å². The molecule has 0 aliphatic rings. The van der Waals surface area contributed by atoms with Crippen molar-refractivity contribution in [2.24, 2.45) is 0 Å². The van der Waals surface area contributed by atoms with E-state index < -0.39 is 7.22 Å². The molecule has 0 aromatic heterocycles. The number of hydrogen-bond acceptors (Lipinski definition) is 1. The maximum absolute atomic E-state index is 6.50. The minimum Gasteiger partial charge on any atom is -0.187 e. The van der Waals surface area contributed by atoms with Crippen LogP contribution in [0.5, 0.6) is 0 Å². The first-order valence-electron chi connectivity index (χ1n) is 24.1. The van der Waals surface area contributed by atoms with E-state index in [1.165, 1.54) is 149 Å². The first-order chi connectivity index (χ1) is 32.5. The van der Waals surface area contributed by atoms with Crippen LogP contribution in [-0.4, -0.2) is 7.22 Å². The van der Waals surface area contributed by atoms with Crippen LogP contribution < -0.4 is 15.6 Å². The molecule has 0 unspecified atom stereocenters. The van der Waals surface area contributed by atoms with Gasteiger partial charge >= 0.3 is 0 Å². The predicted octanol–water partition coefficient (Wildman–Crippen LogP) is 16.3. The fourth-order valence-electron chi connectivity index (χ4n) is 11.5. The topological polar surface area (TPSA) is 0 Å². The van der Waals surface area contributed by atoms with Crippen LogP contribution in [0.1, 0.15) is 66.8 Å². The molecule has 0 radical (unpaired) electrons. The summed E-state index contributed by atoms with van der Waals surface area (Å²) in [5, 5.41) is 3.78. The lowest BCUT2D eigenvalue weighted by Gasteiger charge is -2.32. The SMILES string of the molecule is Cc1cccc(C)c1-c1cc(-c2c(C)cccc2C)cc([Si](S)(c2cc(-c3c(C)cccc3C)cc(-c3c(C)cccc3C)c2)c2cc(-c3c(C)cccc3C)cc(-c3c(C)cccc3C)c2)c1. The van der Waals surface area contributed by atoms with Crippen molar-refractivity contribution in [3.05, 3.63) is 231 Å². The molecule has 0 saturated carbocycles. The van der Waals surface area contributed by atoms with Gasteiger partial charge in [0.2, 0.25) is 7.22 Å². The number of rotatable bonds is 9. The Hall–Kier alpha value is -6.45. The highest BCUT2D eigenvalue weighted by molar-refractivity contribution is 8.19. The van der Waals surface area contributed by atoms with Gasteiger partial charge in [0.15, 0.2) is 0 Å². The van der Waals surface area contributed by atoms with Crippen molar-refractivity contribution in [2.75, 3.05) is 0 Å². The molecule has 0 N–H and O–H groups in total. The Balaban J connectivity index is 1.50. The number of benzene rings is 9. The average Bonchev–Trinajstić information content (AvgIpc) is 3.28. The Bertz CT molecular complexity index is 2750. The molecule has 2 heteroatoms. The van der Waals surface area contributed by atoms with Crippen molar-refractivity contribution in [2.45, 2.75) is 83.1 Å². The summed E-state index contributed by atoms with van der Waals surface area (Å²) in [6, 6.07) is 62.6. The van der Waals surface area contributed by atoms with Crippen molar-refractivity contribution in [3.8, 4) is 66.8 Å². The Kier molecular flexibility index (Phi) is 12.7. The normalized spacial score (nSPS) is 11.6. The summed E-state index contributed by atoms with van der Waals surface area (Å²) in [6.45, 7) is 27.1. The average molecular weight is 917 g/mol. The zero-order valence-corrected chi connectivity index (χ0v) is 43.9. The molecule has 0 spiro atoms. The summed E-state index contributed by atoms with van der Waals surface area (Å²) in [5.41, 5.74) is 30.3. The molecule has 9 aromatic carbocycles. The van der Waals surface area contributed by atoms with Gasteiger partial charge in [-0.1, -0.05) is 146 Å². The fraction of sp³-hybridized carbons (Fsp3) is 0.182. The van der Waals surface area contributed by atoms with Crippen LogP contribution in [0.3, 0.4) is 0 Å². The lowest BCUT2D eigenvalue weighted by molar-refractivity contribution is 1.36. The van der Waals surface area contributed by atoms with Gasteiger partial charge in [0.25, 0.3) is 0 Å². The summed E-state index contributed by atoms with van der Waals surface area (Å²) >= 11 is 6.50. The minimum atomic E-state index is -3.38. The predicted molar refractivity (Wildman–Crippen MR) is 302 cm³/mol. The van der Waals surface area contributed by atoms with Gasteiger partial charge < -0.3 is 0 Å². The van der Waals surface area contributed by atoms with Crippen LogP contribution in [0.2, 0.25) is 0 Å². The highest BCUT2D eigenvalue weighted by Crippen LogP contribution is 2.39. The molecule has 0 nitrogen and oxygen atoms in total. The maximum Gasteiger partial charge on any atom is 0.206 e. The third-order valence-electron chi connectivity index (χ3n) is 14.7. The van der Waals surface area contributed by atoms with Crippen molar-refractivity contribution >= 4 is 34.9 Å². The molecule has 68 heavy (non-hydrogen) atoms. The molecular formula is C66H64SSi. The number of aryl methyl sites for hydroxylation is 12. The summed E-state index contributed by atoms with van der Waals surface area (Å²) < 4.78 is 0. The lowest BCUT2D eigenvalue weighted by Crippen LogP contribution is -2.63. The Morgan fingerprint density at radius 2 is 0.353 bits per heavy atom. The zero-order valence-electron chi connectivity index (χ0n) is 42.0. The second-order valence-electron chi connectivity index (χ2n) is 19.7. The molecule has 0 bridgehead atoms. The molecule has 338 valence electrons. The Morgan fingerprint density at radius 3 is 0.485 bits per heavy atom. The molecular weight excluding hydrogens is 853 g/mol. The monoisotopic (exact) mass is 916 g/mol. The molecule has 0 aliphatic carbocycles. The summed E-state index contributed by atoms with van der Waals surface area (Å²) in [5.74, 6) is 0. The van der Waals surface area contributed by atoms with Gasteiger partial charge in [-0.3, -0.25) is 0 Å². The van der Waals surface area contributed by atoms with Crippen LogP contribution in [0.15, 0.2) is 164 Å². The molecule has 0 aliphatic heterocycles. The van der Waals surface area contributed by atoms with Crippen LogP contribution >= 0.6 is 12.1 Å². The number of thiol groups is 1. The van der Waals surface area contributed by atoms with E-state index in [9.17, 15) is 0 Å². The zero-order chi connectivity index (χ0) is 48.2. The smallest absolute Gasteiger partial charge is 0.187 e. The van der Waals surface area contributed by atoms with Crippen molar-refractivity contribution in [3.63, 3.8) is 0 Å².